The van der Waals surface area contributed by atoms with Crippen LogP contribution in [-0.4, -0.2) is 42.5 Å². The molecule has 1 N–H and O–H groups in total. The summed E-state index contributed by atoms with van der Waals surface area (Å²) in [7, 11) is 4.53. The number of nitrogens with zero attached hydrogens (tertiary/aromatic N) is 3. The Kier molecular flexibility index (Phi) is 6.01. The maximum Gasteiger partial charge on any atom is 0.337 e. The van der Waals surface area contributed by atoms with Crippen LogP contribution in [0, 0.1) is 0 Å². The van der Waals surface area contributed by atoms with Crippen molar-refractivity contribution in [2.75, 3.05) is 26.6 Å². The molecule has 3 rings (SSSR count). The number of carbonyl (C=O) groups excluding carboxylic acids is 1. The van der Waals surface area contributed by atoms with Gasteiger partial charge in [0.05, 0.1) is 38.7 Å². The van der Waals surface area contributed by atoms with Crippen molar-refractivity contribution in [2.24, 2.45) is 0 Å². The number of nitrogens with one attached hydrogen (secondary N) is 1. The lowest BCUT2D eigenvalue weighted by Gasteiger charge is -2.12. The number of hydrogen-bond donors (Lipinski definition) is 1. The summed E-state index contributed by atoms with van der Waals surface area (Å²) in [5.74, 6) is 1.25. The zero-order valence-electron chi connectivity index (χ0n) is 15.8. The van der Waals surface area contributed by atoms with Crippen molar-refractivity contribution in [2.45, 2.75) is 6.54 Å². The Morgan fingerprint density at radius 1 is 1.00 bits per heavy atom. The molecule has 0 aliphatic rings. The number of hydrogen-bond acceptors (Lipinski definition) is 8. The summed E-state index contributed by atoms with van der Waals surface area (Å²) in [6.07, 6.45) is 1.55. The van der Waals surface area contributed by atoms with Crippen molar-refractivity contribution in [3.8, 4) is 22.8 Å². The third-order valence-corrected chi connectivity index (χ3v) is 4.07. The fourth-order valence-corrected chi connectivity index (χ4v) is 2.66. The lowest BCUT2D eigenvalue weighted by atomic mass is 10.1. The lowest BCUT2D eigenvalue weighted by Crippen LogP contribution is -2.06. The molecule has 8 heteroatoms. The van der Waals surface area contributed by atoms with E-state index in [0.29, 0.717) is 40.8 Å². The first kappa shape index (κ1) is 19.1. The topological polar surface area (TPSA) is 95.5 Å². The van der Waals surface area contributed by atoms with E-state index >= 15 is 0 Å². The normalized spacial score (nSPS) is 10.2. The number of methoxy groups -OCH3 is 3. The van der Waals surface area contributed by atoms with E-state index < -0.39 is 0 Å². The Labute approximate surface area is 162 Å². The van der Waals surface area contributed by atoms with Gasteiger partial charge in [-0.3, -0.25) is 0 Å². The van der Waals surface area contributed by atoms with Crippen LogP contribution in [0.4, 0.5) is 5.95 Å². The molecule has 0 aliphatic carbocycles. The number of anilines is 1. The fourth-order valence-electron chi connectivity index (χ4n) is 2.66. The van der Waals surface area contributed by atoms with E-state index in [-0.39, 0.29) is 5.97 Å². The van der Waals surface area contributed by atoms with Crippen molar-refractivity contribution < 1.29 is 19.0 Å². The number of rotatable bonds is 7. The number of ether oxygens (including phenoxy) is 3. The highest BCUT2D eigenvalue weighted by molar-refractivity contribution is 5.89. The quantitative estimate of drug-likeness (QED) is 0.625. The molecule has 1 aromatic heterocycles. The van der Waals surface area contributed by atoms with Crippen LogP contribution < -0.4 is 14.8 Å². The molecule has 1 heterocycles. The minimum Gasteiger partial charge on any atom is -0.496 e. The number of esters is 1. The van der Waals surface area contributed by atoms with Gasteiger partial charge in [-0.15, -0.1) is 5.10 Å². The standard InChI is InChI=1S/C20H20N4O4/c1-26-16-5-4-6-17(27-2)18(16)15-12-22-24-20(23-15)21-11-13-7-9-14(10-8-13)19(25)28-3/h4-10,12H,11H2,1-3H3,(H,21,23,24). The molecule has 8 nitrogen and oxygen atoms in total. The van der Waals surface area contributed by atoms with Gasteiger partial charge in [0.25, 0.3) is 0 Å². The lowest BCUT2D eigenvalue weighted by molar-refractivity contribution is 0.0600. The van der Waals surface area contributed by atoms with Crippen LogP contribution in [0.25, 0.3) is 11.3 Å². The van der Waals surface area contributed by atoms with Gasteiger partial charge in [-0.25, -0.2) is 9.78 Å². The minimum atomic E-state index is -0.370. The van der Waals surface area contributed by atoms with E-state index in [1.165, 1.54) is 7.11 Å². The third-order valence-electron chi connectivity index (χ3n) is 4.07. The molecule has 28 heavy (non-hydrogen) atoms. The van der Waals surface area contributed by atoms with Crippen LogP contribution in [0.1, 0.15) is 15.9 Å². The fraction of sp³-hybridized carbons (Fsp3) is 0.200. The van der Waals surface area contributed by atoms with Crippen LogP contribution in [0.2, 0.25) is 0 Å². The van der Waals surface area contributed by atoms with Crippen LogP contribution in [-0.2, 0) is 11.3 Å². The molecular weight excluding hydrogens is 360 g/mol. The van der Waals surface area contributed by atoms with E-state index in [1.807, 2.05) is 30.3 Å². The van der Waals surface area contributed by atoms with Gasteiger partial charge in [-0.05, 0) is 29.8 Å². The Balaban J connectivity index is 1.79. The summed E-state index contributed by atoms with van der Waals surface area (Å²) in [6, 6.07) is 12.6. The van der Waals surface area contributed by atoms with Crippen molar-refractivity contribution in [1.29, 1.82) is 0 Å². The van der Waals surface area contributed by atoms with Crippen LogP contribution in [0.3, 0.4) is 0 Å². The van der Waals surface area contributed by atoms with Gasteiger partial charge in [0.1, 0.15) is 17.2 Å². The largest absolute Gasteiger partial charge is 0.496 e. The first-order chi connectivity index (χ1) is 13.7. The Hall–Kier alpha value is -3.68. The summed E-state index contributed by atoms with van der Waals surface area (Å²) in [6.45, 7) is 0.468. The first-order valence-corrected chi connectivity index (χ1v) is 8.48. The van der Waals surface area contributed by atoms with E-state index in [2.05, 4.69) is 20.5 Å². The second-order valence-electron chi connectivity index (χ2n) is 5.74. The second kappa shape index (κ2) is 8.81. The molecule has 0 amide bonds. The van der Waals surface area contributed by atoms with Gasteiger partial charge in [0, 0.05) is 6.54 Å². The summed E-state index contributed by atoms with van der Waals surface area (Å²) in [5.41, 5.74) is 2.73. The molecule has 0 saturated carbocycles. The zero-order chi connectivity index (χ0) is 19.9. The molecule has 2 aromatic carbocycles. The summed E-state index contributed by atoms with van der Waals surface area (Å²) >= 11 is 0. The molecule has 0 unspecified atom stereocenters. The highest BCUT2D eigenvalue weighted by Gasteiger charge is 2.15. The smallest absolute Gasteiger partial charge is 0.337 e. The molecule has 0 saturated heterocycles. The SMILES string of the molecule is COC(=O)c1ccc(CNc2nncc(-c3c(OC)cccc3OC)n2)cc1. The molecule has 0 bridgehead atoms. The monoisotopic (exact) mass is 380 g/mol. The van der Waals surface area contributed by atoms with Gasteiger partial charge in [-0.2, -0.15) is 5.10 Å². The van der Waals surface area contributed by atoms with Gasteiger partial charge in [-0.1, -0.05) is 18.2 Å². The Morgan fingerprint density at radius 2 is 1.68 bits per heavy atom. The number of benzene rings is 2. The maximum atomic E-state index is 11.5. The first-order valence-electron chi connectivity index (χ1n) is 8.48. The average Bonchev–Trinajstić information content (AvgIpc) is 2.77. The van der Waals surface area contributed by atoms with E-state index in [0.717, 1.165) is 5.56 Å². The predicted molar refractivity (Wildman–Crippen MR) is 103 cm³/mol. The average molecular weight is 380 g/mol. The molecule has 3 aromatic rings. The molecule has 0 radical (unpaired) electrons. The summed E-state index contributed by atoms with van der Waals surface area (Å²) in [5, 5.41) is 11.2. The molecule has 0 atom stereocenters. The molecule has 144 valence electrons. The van der Waals surface area contributed by atoms with Gasteiger partial charge in [0.2, 0.25) is 5.95 Å². The van der Waals surface area contributed by atoms with Gasteiger partial charge in [0.15, 0.2) is 0 Å². The Morgan fingerprint density at radius 3 is 2.29 bits per heavy atom. The van der Waals surface area contributed by atoms with Crippen molar-refractivity contribution in [3.05, 3.63) is 59.8 Å². The molecule has 0 spiro atoms. The molecule has 0 aliphatic heterocycles. The maximum absolute atomic E-state index is 11.5. The molecule has 0 fully saturated rings. The molecular formula is C20H20N4O4. The zero-order valence-corrected chi connectivity index (χ0v) is 15.8. The number of carbonyl (C=O) groups is 1. The minimum absolute atomic E-state index is 0.363. The second-order valence-corrected chi connectivity index (χ2v) is 5.74. The van der Waals surface area contributed by atoms with Crippen LogP contribution >= 0.6 is 0 Å². The van der Waals surface area contributed by atoms with Crippen LogP contribution in [0.15, 0.2) is 48.7 Å². The highest BCUT2D eigenvalue weighted by Crippen LogP contribution is 2.36. The Bertz CT molecular complexity index is 938. The third kappa shape index (κ3) is 4.17. The highest BCUT2D eigenvalue weighted by atomic mass is 16.5. The van der Waals surface area contributed by atoms with E-state index in [9.17, 15) is 4.79 Å². The van der Waals surface area contributed by atoms with E-state index in [1.54, 1.807) is 32.5 Å². The number of aromatic nitrogens is 3. The summed E-state index contributed by atoms with van der Waals surface area (Å²) in [4.78, 5) is 16.0. The van der Waals surface area contributed by atoms with Crippen molar-refractivity contribution in [1.82, 2.24) is 15.2 Å². The van der Waals surface area contributed by atoms with Gasteiger partial charge < -0.3 is 19.5 Å². The van der Waals surface area contributed by atoms with Crippen LogP contribution in [0.5, 0.6) is 11.5 Å². The van der Waals surface area contributed by atoms with Crippen molar-refractivity contribution >= 4 is 11.9 Å². The van der Waals surface area contributed by atoms with Crippen molar-refractivity contribution in [3.63, 3.8) is 0 Å². The predicted octanol–water partition coefficient (Wildman–Crippen LogP) is 2.95. The van der Waals surface area contributed by atoms with Gasteiger partial charge >= 0.3 is 5.97 Å². The summed E-state index contributed by atoms with van der Waals surface area (Å²) < 4.78 is 15.5. The van der Waals surface area contributed by atoms with E-state index in [4.69, 9.17) is 14.2 Å².